The number of likely N-dealkylation sites (tertiary alicyclic amines) is 1. The number of hydrogen-bond acceptors (Lipinski definition) is 3. The van der Waals surface area contributed by atoms with E-state index in [4.69, 9.17) is 0 Å². The van der Waals surface area contributed by atoms with Crippen molar-refractivity contribution in [3.05, 3.63) is 66.0 Å². The highest BCUT2D eigenvalue weighted by atomic mass is 32.2. The van der Waals surface area contributed by atoms with E-state index in [0.717, 1.165) is 43.6 Å². The van der Waals surface area contributed by atoms with E-state index in [9.17, 15) is 12.8 Å². The molecular formula is C19H23FN2O2S. The molecule has 0 spiro atoms. The van der Waals surface area contributed by atoms with Crippen LogP contribution >= 0.6 is 0 Å². The predicted molar refractivity (Wildman–Crippen MR) is 96.2 cm³/mol. The Morgan fingerprint density at radius 1 is 0.960 bits per heavy atom. The smallest absolute Gasteiger partial charge is 0.240 e. The van der Waals surface area contributed by atoms with Crippen molar-refractivity contribution in [1.82, 2.24) is 9.62 Å². The molecule has 2 aromatic rings. The van der Waals surface area contributed by atoms with Gasteiger partial charge in [0.1, 0.15) is 5.82 Å². The summed E-state index contributed by atoms with van der Waals surface area (Å²) in [5.74, 6) is -0.450. The summed E-state index contributed by atoms with van der Waals surface area (Å²) in [7, 11) is -3.66. The standard InChI is InChI=1S/C19H23FN2O2S/c20-17-9-11-18(12-10-17)25(23,24)21-15-19(16-7-3-1-4-8-16)22-13-5-2-6-14-22/h1,3-4,7-12,19,21H,2,5-6,13-15H2. The highest BCUT2D eigenvalue weighted by Gasteiger charge is 2.24. The van der Waals surface area contributed by atoms with Gasteiger partial charge in [-0.25, -0.2) is 17.5 Å². The second-order valence-corrected chi connectivity index (χ2v) is 8.10. The first-order valence-corrected chi connectivity index (χ1v) is 10.1. The van der Waals surface area contributed by atoms with Gasteiger partial charge in [-0.3, -0.25) is 4.90 Å². The van der Waals surface area contributed by atoms with Gasteiger partial charge in [-0.05, 0) is 55.8 Å². The third-order valence-electron chi connectivity index (χ3n) is 4.61. The van der Waals surface area contributed by atoms with Crippen molar-refractivity contribution in [1.29, 1.82) is 0 Å². The van der Waals surface area contributed by atoms with Crippen LogP contribution in [0.2, 0.25) is 0 Å². The maximum Gasteiger partial charge on any atom is 0.240 e. The molecule has 1 saturated heterocycles. The number of benzene rings is 2. The van der Waals surface area contributed by atoms with Gasteiger partial charge in [-0.2, -0.15) is 0 Å². The Morgan fingerprint density at radius 2 is 1.60 bits per heavy atom. The van der Waals surface area contributed by atoms with Crippen molar-refractivity contribution in [2.24, 2.45) is 0 Å². The lowest BCUT2D eigenvalue weighted by Gasteiger charge is -2.35. The van der Waals surface area contributed by atoms with Gasteiger partial charge in [0.05, 0.1) is 4.90 Å². The molecule has 2 aromatic carbocycles. The van der Waals surface area contributed by atoms with Gasteiger partial charge in [0, 0.05) is 12.6 Å². The summed E-state index contributed by atoms with van der Waals surface area (Å²) in [6.45, 7) is 2.24. The van der Waals surface area contributed by atoms with Crippen LogP contribution < -0.4 is 4.72 Å². The maximum atomic E-state index is 13.0. The fourth-order valence-corrected chi connectivity index (χ4v) is 4.29. The van der Waals surface area contributed by atoms with Gasteiger partial charge in [0.25, 0.3) is 0 Å². The van der Waals surface area contributed by atoms with Gasteiger partial charge in [0.2, 0.25) is 10.0 Å². The van der Waals surface area contributed by atoms with E-state index >= 15 is 0 Å². The number of halogens is 1. The van der Waals surface area contributed by atoms with Gasteiger partial charge in [-0.15, -0.1) is 0 Å². The molecular weight excluding hydrogens is 339 g/mol. The van der Waals surface area contributed by atoms with E-state index in [-0.39, 0.29) is 10.9 Å². The minimum atomic E-state index is -3.66. The lowest BCUT2D eigenvalue weighted by Crippen LogP contribution is -2.40. The molecule has 6 heteroatoms. The van der Waals surface area contributed by atoms with Crippen LogP contribution in [0, 0.1) is 5.82 Å². The first-order valence-electron chi connectivity index (χ1n) is 8.60. The molecule has 4 nitrogen and oxygen atoms in total. The topological polar surface area (TPSA) is 49.4 Å². The second-order valence-electron chi connectivity index (χ2n) is 6.33. The minimum absolute atomic E-state index is 0.00303. The number of hydrogen-bond donors (Lipinski definition) is 1. The van der Waals surface area contributed by atoms with Crippen molar-refractivity contribution in [3.63, 3.8) is 0 Å². The molecule has 1 heterocycles. The largest absolute Gasteiger partial charge is 0.295 e. The van der Waals surface area contributed by atoms with Crippen molar-refractivity contribution in [2.45, 2.75) is 30.2 Å². The summed E-state index contributed by atoms with van der Waals surface area (Å²) in [4.78, 5) is 2.42. The van der Waals surface area contributed by atoms with Crippen molar-refractivity contribution < 1.29 is 12.8 Å². The van der Waals surface area contributed by atoms with Gasteiger partial charge in [-0.1, -0.05) is 36.8 Å². The maximum absolute atomic E-state index is 13.0. The average Bonchev–Trinajstić information content (AvgIpc) is 2.64. The number of nitrogens with one attached hydrogen (secondary N) is 1. The summed E-state index contributed by atoms with van der Waals surface area (Å²) >= 11 is 0. The van der Waals surface area contributed by atoms with Crippen LogP contribution in [0.5, 0.6) is 0 Å². The summed E-state index contributed by atoms with van der Waals surface area (Å²) in [5, 5.41) is 0. The number of piperidine rings is 1. The second kappa shape index (κ2) is 8.08. The third-order valence-corrected chi connectivity index (χ3v) is 6.05. The molecule has 1 aliphatic heterocycles. The van der Waals surface area contributed by atoms with E-state index in [2.05, 4.69) is 9.62 Å². The van der Waals surface area contributed by atoms with E-state index in [0.29, 0.717) is 6.54 Å². The summed E-state index contributed by atoms with van der Waals surface area (Å²) in [5.41, 5.74) is 1.10. The average molecular weight is 362 g/mol. The highest BCUT2D eigenvalue weighted by Crippen LogP contribution is 2.24. The lowest BCUT2D eigenvalue weighted by molar-refractivity contribution is 0.164. The van der Waals surface area contributed by atoms with Gasteiger partial charge < -0.3 is 0 Å². The molecule has 0 aromatic heterocycles. The third kappa shape index (κ3) is 4.66. The fourth-order valence-electron chi connectivity index (χ4n) is 3.25. The molecule has 0 aliphatic carbocycles. The molecule has 0 amide bonds. The Balaban J connectivity index is 1.77. The van der Waals surface area contributed by atoms with Crippen molar-refractivity contribution >= 4 is 10.0 Å². The van der Waals surface area contributed by atoms with Crippen LogP contribution in [0.4, 0.5) is 4.39 Å². The lowest BCUT2D eigenvalue weighted by atomic mass is 10.0. The molecule has 1 unspecified atom stereocenters. The molecule has 134 valence electrons. The van der Waals surface area contributed by atoms with Crippen LogP contribution in [-0.4, -0.2) is 33.0 Å². The van der Waals surface area contributed by atoms with Crippen molar-refractivity contribution in [2.75, 3.05) is 19.6 Å². The monoisotopic (exact) mass is 362 g/mol. The molecule has 25 heavy (non-hydrogen) atoms. The highest BCUT2D eigenvalue weighted by molar-refractivity contribution is 7.89. The number of rotatable bonds is 6. The molecule has 1 aliphatic rings. The van der Waals surface area contributed by atoms with E-state index in [1.807, 2.05) is 30.3 Å². The Labute approximate surface area is 148 Å². The van der Waals surface area contributed by atoms with Crippen LogP contribution in [0.1, 0.15) is 30.9 Å². The molecule has 1 fully saturated rings. The molecule has 0 saturated carbocycles. The predicted octanol–water partition coefficient (Wildman–Crippen LogP) is 3.33. The van der Waals surface area contributed by atoms with Crippen LogP contribution in [-0.2, 0) is 10.0 Å². The quantitative estimate of drug-likeness (QED) is 0.857. The van der Waals surface area contributed by atoms with Crippen LogP contribution in [0.15, 0.2) is 59.5 Å². The Bertz CT molecular complexity index is 773. The zero-order valence-electron chi connectivity index (χ0n) is 14.1. The van der Waals surface area contributed by atoms with Crippen molar-refractivity contribution in [3.8, 4) is 0 Å². The first-order chi connectivity index (χ1) is 12.1. The molecule has 1 atom stereocenters. The zero-order chi connectivity index (χ0) is 17.7. The summed E-state index contributed by atoms with van der Waals surface area (Å²) < 4.78 is 40.7. The number of nitrogens with zero attached hydrogens (tertiary/aromatic N) is 1. The molecule has 0 radical (unpaired) electrons. The Hall–Kier alpha value is -1.76. The van der Waals surface area contributed by atoms with E-state index in [1.54, 1.807) is 0 Å². The molecule has 0 bridgehead atoms. The van der Waals surface area contributed by atoms with Crippen LogP contribution in [0.25, 0.3) is 0 Å². The minimum Gasteiger partial charge on any atom is -0.295 e. The Kier molecular flexibility index (Phi) is 5.83. The first kappa shape index (κ1) is 18.0. The molecule has 3 rings (SSSR count). The molecule has 1 N–H and O–H groups in total. The van der Waals surface area contributed by atoms with Gasteiger partial charge >= 0.3 is 0 Å². The van der Waals surface area contributed by atoms with E-state index in [1.165, 1.54) is 18.6 Å². The number of sulfonamides is 1. The summed E-state index contributed by atoms with van der Waals surface area (Å²) in [6.07, 6.45) is 3.49. The van der Waals surface area contributed by atoms with E-state index < -0.39 is 15.8 Å². The fraction of sp³-hybridized carbons (Fsp3) is 0.368. The van der Waals surface area contributed by atoms with Crippen LogP contribution in [0.3, 0.4) is 0 Å². The summed E-state index contributed by atoms with van der Waals surface area (Å²) in [6, 6.07) is 14.9. The zero-order valence-corrected chi connectivity index (χ0v) is 14.9. The SMILES string of the molecule is O=S(=O)(NCC(c1ccccc1)N1CCCCC1)c1ccc(F)cc1. The van der Waals surface area contributed by atoms with Gasteiger partial charge in [0.15, 0.2) is 0 Å². The Morgan fingerprint density at radius 3 is 2.24 bits per heavy atom. The normalized spacial score (nSPS) is 17.3.